The first kappa shape index (κ1) is 19.4. The lowest BCUT2D eigenvalue weighted by molar-refractivity contribution is -0.135. The number of amides is 2. The number of carbonyl (C=O) groups is 3. The Balaban J connectivity index is 2.16. The fourth-order valence-corrected chi connectivity index (χ4v) is 2.36. The number of Topliss-reactive ketones (excluding diaryl/α,β-unsaturated/α-hetero) is 1. The van der Waals surface area contributed by atoms with Crippen molar-refractivity contribution in [3.63, 3.8) is 0 Å². The first-order valence-corrected chi connectivity index (χ1v) is 8.42. The minimum atomic E-state index is -1.29. The molecule has 0 saturated heterocycles. The fraction of sp³-hybridized carbons (Fsp3) is 0.286. The fourth-order valence-electron chi connectivity index (χ4n) is 2.36. The van der Waals surface area contributed by atoms with Crippen LogP contribution in [0.25, 0.3) is 0 Å². The van der Waals surface area contributed by atoms with Crippen LogP contribution in [0.1, 0.15) is 42.3 Å². The third kappa shape index (κ3) is 4.36. The van der Waals surface area contributed by atoms with Crippen LogP contribution < -0.4 is 10.6 Å². The second kappa shape index (κ2) is 7.52. The molecule has 2 aromatic rings. The number of ketones is 1. The summed E-state index contributed by atoms with van der Waals surface area (Å²) in [5, 5.41) is 5.55. The smallest absolute Gasteiger partial charge is 0.239 e. The SMILES string of the molecule is CC(=O)c1cccc(NC(=O)C(C)(C)C(=O)Nc2cc(C)ccc2C)c1. The first-order chi connectivity index (χ1) is 12.1. The second-order valence-corrected chi connectivity index (χ2v) is 6.99. The summed E-state index contributed by atoms with van der Waals surface area (Å²) in [5.41, 5.74) is 2.33. The topological polar surface area (TPSA) is 75.3 Å². The molecule has 2 N–H and O–H groups in total. The van der Waals surface area contributed by atoms with Gasteiger partial charge in [0, 0.05) is 16.9 Å². The van der Waals surface area contributed by atoms with Crippen LogP contribution in [0, 0.1) is 19.3 Å². The summed E-state index contributed by atoms with van der Waals surface area (Å²) in [6.07, 6.45) is 0. The Labute approximate surface area is 153 Å². The lowest BCUT2D eigenvalue weighted by Crippen LogP contribution is -2.41. The maximum absolute atomic E-state index is 12.7. The monoisotopic (exact) mass is 352 g/mol. The highest BCUT2D eigenvalue weighted by Crippen LogP contribution is 2.24. The molecule has 0 saturated carbocycles. The van der Waals surface area contributed by atoms with E-state index in [1.54, 1.807) is 38.1 Å². The van der Waals surface area contributed by atoms with Crippen LogP contribution >= 0.6 is 0 Å². The summed E-state index contributed by atoms with van der Waals surface area (Å²) in [7, 11) is 0. The number of carbonyl (C=O) groups excluding carboxylic acids is 3. The van der Waals surface area contributed by atoms with Crippen molar-refractivity contribution in [2.24, 2.45) is 5.41 Å². The predicted octanol–water partition coefficient (Wildman–Crippen LogP) is 4.11. The molecule has 0 spiro atoms. The van der Waals surface area contributed by atoms with E-state index in [1.807, 2.05) is 32.0 Å². The number of rotatable bonds is 5. The molecular weight excluding hydrogens is 328 g/mol. The summed E-state index contributed by atoms with van der Waals surface area (Å²) < 4.78 is 0. The maximum atomic E-state index is 12.7. The molecule has 0 radical (unpaired) electrons. The largest absolute Gasteiger partial charge is 0.325 e. The van der Waals surface area contributed by atoms with Crippen molar-refractivity contribution in [2.75, 3.05) is 10.6 Å². The Hall–Kier alpha value is -2.95. The number of hydrogen-bond donors (Lipinski definition) is 2. The number of nitrogens with one attached hydrogen (secondary N) is 2. The third-order valence-electron chi connectivity index (χ3n) is 4.30. The van der Waals surface area contributed by atoms with Crippen LogP contribution in [0.4, 0.5) is 11.4 Å². The molecule has 0 aliphatic heterocycles. The first-order valence-electron chi connectivity index (χ1n) is 8.42. The molecule has 0 aliphatic rings. The zero-order valence-electron chi connectivity index (χ0n) is 15.8. The van der Waals surface area contributed by atoms with Gasteiger partial charge >= 0.3 is 0 Å². The van der Waals surface area contributed by atoms with Crippen LogP contribution in [-0.4, -0.2) is 17.6 Å². The van der Waals surface area contributed by atoms with E-state index in [9.17, 15) is 14.4 Å². The molecule has 0 aliphatic carbocycles. The van der Waals surface area contributed by atoms with Gasteiger partial charge < -0.3 is 10.6 Å². The highest BCUT2D eigenvalue weighted by molar-refractivity contribution is 6.14. The molecule has 0 fully saturated rings. The Morgan fingerprint density at radius 3 is 2.19 bits per heavy atom. The second-order valence-electron chi connectivity index (χ2n) is 6.99. The average molecular weight is 352 g/mol. The van der Waals surface area contributed by atoms with Gasteiger partial charge in [0.05, 0.1) is 0 Å². The molecule has 2 rings (SSSR count). The van der Waals surface area contributed by atoms with Crippen molar-refractivity contribution < 1.29 is 14.4 Å². The standard InChI is InChI=1S/C21H24N2O3/c1-13-9-10-14(2)18(11-13)23-20(26)21(4,5)19(25)22-17-8-6-7-16(12-17)15(3)24/h6-12H,1-5H3,(H,22,25)(H,23,26). The van der Waals surface area contributed by atoms with Crippen LogP contribution in [-0.2, 0) is 9.59 Å². The van der Waals surface area contributed by atoms with Gasteiger partial charge in [-0.25, -0.2) is 0 Å². The predicted molar refractivity (Wildman–Crippen MR) is 103 cm³/mol. The van der Waals surface area contributed by atoms with Crippen LogP contribution in [0.2, 0.25) is 0 Å². The van der Waals surface area contributed by atoms with Crippen LogP contribution in [0.15, 0.2) is 42.5 Å². The Morgan fingerprint density at radius 1 is 0.885 bits per heavy atom. The van der Waals surface area contributed by atoms with Gasteiger partial charge in [-0.15, -0.1) is 0 Å². The molecule has 0 bridgehead atoms. The minimum Gasteiger partial charge on any atom is -0.325 e. The molecule has 26 heavy (non-hydrogen) atoms. The number of hydrogen-bond acceptors (Lipinski definition) is 3. The summed E-state index contributed by atoms with van der Waals surface area (Å²) >= 11 is 0. The van der Waals surface area contributed by atoms with Gasteiger partial charge in [0.15, 0.2) is 5.78 Å². The quantitative estimate of drug-likeness (QED) is 0.628. The van der Waals surface area contributed by atoms with Gasteiger partial charge in [0.2, 0.25) is 11.8 Å². The molecule has 2 amide bonds. The lowest BCUT2D eigenvalue weighted by atomic mass is 9.90. The highest BCUT2D eigenvalue weighted by Gasteiger charge is 2.36. The van der Waals surface area contributed by atoms with Crippen molar-refractivity contribution in [1.82, 2.24) is 0 Å². The summed E-state index contributed by atoms with van der Waals surface area (Å²) in [6.45, 7) is 8.43. The van der Waals surface area contributed by atoms with E-state index in [0.717, 1.165) is 11.1 Å². The zero-order chi connectivity index (χ0) is 19.5. The van der Waals surface area contributed by atoms with E-state index in [4.69, 9.17) is 0 Å². The average Bonchev–Trinajstić information content (AvgIpc) is 2.58. The van der Waals surface area contributed by atoms with Crippen LogP contribution in [0.5, 0.6) is 0 Å². The van der Waals surface area contributed by atoms with Gasteiger partial charge in [0.1, 0.15) is 5.41 Å². The van der Waals surface area contributed by atoms with Gasteiger partial charge in [-0.05, 0) is 63.9 Å². The molecule has 0 heterocycles. The van der Waals surface area contributed by atoms with Gasteiger partial charge in [-0.3, -0.25) is 14.4 Å². The molecule has 5 nitrogen and oxygen atoms in total. The number of benzene rings is 2. The Bertz CT molecular complexity index is 869. The van der Waals surface area contributed by atoms with Crippen molar-refractivity contribution >= 4 is 29.0 Å². The molecule has 0 atom stereocenters. The molecule has 0 unspecified atom stereocenters. The Kier molecular flexibility index (Phi) is 5.60. The molecule has 136 valence electrons. The normalized spacial score (nSPS) is 11.0. The summed E-state index contributed by atoms with van der Waals surface area (Å²) in [5.74, 6) is -0.930. The highest BCUT2D eigenvalue weighted by atomic mass is 16.2. The molecular formula is C21H24N2O3. The van der Waals surface area contributed by atoms with E-state index in [2.05, 4.69) is 10.6 Å². The van der Waals surface area contributed by atoms with E-state index < -0.39 is 17.2 Å². The van der Waals surface area contributed by atoms with Crippen molar-refractivity contribution in [2.45, 2.75) is 34.6 Å². The van der Waals surface area contributed by atoms with Crippen molar-refractivity contribution in [1.29, 1.82) is 0 Å². The van der Waals surface area contributed by atoms with Gasteiger partial charge in [-0.2, -0.15) is 0 Å². The van der Waals surface area contributed by atoms with Crippen LogP contribution in [0.3, 0.4) is 0 Å². The summed E-state index contributed by atoms with van der Waals surface area (Å²) in [4.78, 5) is 36.8. The molecule has 2 aromatic carbocycles. The van der Waals surface area contributed by atoms with E-state index in [1.165, 1.54) is 6.92 Å². The minimum absolute atomic E-state index is 0.0898. The molecule has 5 heteroatoms. The maximum Gasteiger partial charge on any atom is 0.239 e. The van der Waals surface area contributed by atoms with Crippen molar-refractivity contribution in [3.8, 4) is 0 Å². The van der Waals surface area contributed by atoms with E-state index >= 15 is 0 Å². The number of anilines is 2. The number of aryl methyl sites for hydroxylation is 2. The van der Waals surface area contributed by atoms with Gasteiger partial charge in [-0.1, -0.05) is 24.3 Å². The van der Waals surface area contributed by atoms with Gasteiger partial charge in [0.25, 0.3) is 0 Å². The van der Waals surface area contributed by atoms with E-state index in [0.29, 0.717) is 16.9 Å². The zero-order valence-corrected chi connectivity index (χ0v) is 15.8. The Morgan fingerprint density at radius 2 is 1.54 bits per heavy atom. The lowest BCUT2D eigenvalue weighted by Gasteiger charge is -2.23. The third-order valence-corrected chi connectivity index (χ3v) is 4.30. The van der Waals surface area contributed by atoms with Crippen molar-refractivity contribution in [3.05, 3.63) is 59.2 Å². The molecule has 0 aromatic heterocycles. The van der Waals surface area contributed by atoms with E-state index in [-0.39, 0.29) is 5.78 Å². The summed E-state index contributed by atoms with van der Waals surface area (Å²) in [6, 6.07) is 12.4.